The van der Waals surface area contributed by atoms with Gasteiger partial charge in [-0.2, -0.15) is 0 Å². The van der Waals surface area contributed by atoms with E-state index in [0.29, 0.717) is 45.3 Å². The summed E-state index contributed by atoms with van der Waals surface area (Å²) in [5.41, 5.74) is 0.775. The monoisotopic (exact) mass is 608 g/mol. The van der Waals surface area contributed by atoms with Crippen LogP contribution in [0, 0.1) is 11.8 Å². The van der Waals surface area contributed by atoms with Crippen molar-refractivity contribution >= 4 is 29.1 Å². The van der Waals surface area contributed by atoms with E-state index in [9.17, 15) is 19.5 Å². The molecule has 5 atom stereocenters. The van der Waals surface area contributed by atoms with Gasteiger partial charge in [0.05, 0.1) is 17.9 Å². The Bertz CT molecular complexity index is 1170. The standard InChI is InChI=1S/C35H52N4O5/c1-6-21-37(22-7-2)32(41)29-28-19-20-35(44-28)30(29)33(42)39(24-13-11-12-14-25-40)31(35)34(43)38(23-8-3)27-17-15-26(16-18-27)36(9-4)10-5/h6,8,15-18,28-31,40H,1,3,7,9-14,19-25H2,2,4-5H3/t28-,29+,30+,31?,35?/m1/s1. The Morgan fingerprint density at radius 1 is 1.00 bits per heavy atom. The van der Waals surface area contributed by atoms with Crippen LogP contribution in [-0.4, -0.2) is 96.3 Å². The number of hydrogen-bond donors (Lipinski definition) is 1. The zero-order chi connectivity index (χ0) is 31.9. The average Bonchev–Trinajstić information content (AvgIpc) is 3.67. The van der Waals surface area contributed by atoms with Gasteiger partial charge in [-0.1, -0.05) is 31.9 Å². The molecule has 2 bridgehead atoms. The number of carbonyl (C=O) groups is 3. The largest absolute Gasteiger partial charge is 0.396 e. The van der Waals surface area contributed by atoms with Crippen LogP contribution in [0.5, 0.6) is 0 Å². The molecule has 3 fully saturated rings. The molecule has 3 aliphatic heterocycles. The fourth-order valence-electron chi connectivity index (χ4n) is 7.66. The molecule has 3 heterocycles. The van der Waals surface area contributed by atoms with Gasteiger partial charge in [-0.25, -0.2) is 0 Å². The molecule has 3 saturated heterocycles. The number of likely N-dealkylation sites (tertiary alicyclic amines) is 1. The highest BCUT2D eigenvalue weighted by molar-refractivity contribution is 6.05. The van der Waals surface area contributed by atoms with Crippen LogP contribution in [0.3, 0.4) is 0 Å². The number of rotatable bonds is 18. The summed E-state index contributed by atoms with van der Waals surface area (Å²) in [6.45, 7) is 17.6. The first-order valence-corrected chi connectivity index (χ1v) is 16.6. The van der Waals surface area contributed by atoms with E-state index in [0.717, 1.165) is 43.7 Å². The molecule has 9 nitrogen and oxygen atoms in total. The minimum atomic E-state index is -1.04. The van der Waals surface area contributed by atoms with Crippen molar-refractivity contribution in [3.05, 3.63) is 49.6 Å². The lowest BCUT2D eigenvalue weighted by Gasteiger charge is -2.37. The Balaban J connectivity index is 1.70. The molecule has 1 spiro atoms. The molecule has 1 N–H and O–H groups in total. The van der Waals surface area contributed by atoms with Crippen molar-refractivity contribution in [2.45, 2.75) is 83.5 Å². The first kappa shape index (κ1) is 33.7. The number of fused-ring (bicyclic) bond motifs is 1. The van der Waals surface area contributed by atoms with Crippen molar-refractivity contribution in [3.8, 4) is 0 Å². The summed E-state index contributed by atoms with van der Waals surface area (Å²) in [4.78, 5) is 50.6. The number of carbonyl (C=O) groups excluding carboxylic acids is 3. The minimum Gasteiger partial charge on any atom is -0.396 e. The van der Waals surface area contributed by atoms with E-state index in [2.05, 4.69) is 31.9 Å². The van der Waals surface area contributed by atoms with Gasteiger partial charge in [-0.3, -0.25) is 14.4 Å². The van der Waals surface area contributed by atoms with Gasteiger partial charge in [0.25, 0.3) is 5.91 Å². The van der Waals surface area contributed by atoms with E-state index < -0.39 is 23.5 Å². The smallest absolute Gasteiger partial charge is 0.253 e. The van der Waals surface area contributed by atoms with Gasteiger partial charge >= 0.3 is 0 Å². The van der Waals surface area contributed by atoms with Gasteiger partial charge in [0.2, 0.25) is 11.8 Å². The molecule has 4 rings (SSSR count). The lowest BCUT2D eigenvalue weighted by atomic mass is 9.70. The van der Waals surface area contributed by atoms with Gasteiger partial charge in [-0.05, 0) is 70.2 Å². The highest BCUT2D eigenvalue weighted by Gasteiger charge is 2.74. The molecule has 0 aromatic heterocycles. The Morgan fingerprint density at radius 2 is 1.66 bits per heavy atom. The summed E-state index contributed by atoms with van der Waals surface area (Å²) >= 11 is 0. The van der Waals surface area contributed by atoms with Crippen LogP contribution in [0.1, 0.15) is 65.7 Å². The highest BCUT2D eigenvalue weighted by atomic mass is 16.5. The van der Waals surface area contributed by atoms with E-state index in [1.54, 1.807) is 26.9 Å². The number of hydrogen-bond acceptors (Lipinski definition) is 6. The molecule has 242 valence electrons. The van der Waals surface area contributed by atoms with Crippen molar-refractivity contribution in [1.29, 1.82) is 0 Å². The second-order valence-corrected chi connectivity index (χ2v) is 12.2. The first-order valence-electron chi connectivity index (χ1n) is 16.6. The highest BCUT2D eigenvalue weighted by Crippen LogP contribution is 2.59. The van der Waals surface area contributed by atoms with E-state index in [4.69, 9.17) is 4.74 Å². The minimum absolute atomic E-state index is 0.0809. The van der Waals surface area contributed by atoms with Gasteiger partial charge in [0.1, 0.15) is 11.6 Å². The van der Waals surface area contributed by atoms with Crippen molar-refractivity contribution in [2.24, 2.45) is 11.8 Å². The molecule has 3 amide bonds. The maximum atomic E-state index is 14.8. The zero-order valence-corrected chi connectivity index (χ0v) is 27.0. The first-order chi connectivity index (χ1) is 21.3. The Hall–Kier alpha value is -3.17. The summed E-state index contributed by atoms with van der Waals surface area (Å²) in [6, 6.07) is 7.14. The summed E-state index contributed by atoms with van der Waals surface area (Å²) < 4.78 is 6.70. The van der Waals surface area contributed by atoms with E-state index in [-0.39, 0.29) is 37.0 Å². The van der Waals surface area contributed by atoms with Crippen LogP contribution in [-0.2, 0) is 19.1 Å². The van der Waals surface area contributed by atoms with Crippen molar-refractivity contribution < 1.29 is 24.2 Å². The maximum Gasteiger partial charge on any atom is 0.253 e. The zero-order valence-electron chi connectivity index (χ0n) is 27.0. The lowest BCUT2D eigenvalue weighted by molar-refractivity contribution is -0.145. The second kappa shape index (κ2) is 15.2. The molecule has 44 heavy (non-hydrogen) atoms. The summed E-state index contributed by atoms with van der Waals surface area (Å²) in [5, 5.41) is 9.23. The van der Waals surface area contributed by atoms with Crippen molar-refractivity contribution in [3.63, 3.8) is 0 Å². The number of amides is 3. The van der Waals surface area contributed by atoms with Crippen molar-refractivity contribution in [1.82, 2.24) is 9.80 Å². The Kier molecular flexibility index (Phi) is 11.7. The third-order valence-electron chi connectivity index (χ3n) is 9.65. The van der Waals surface area contributed by atoms with Crippen LogP contribution in [0.4, 0.5) is 11.4 Å². The Labute approximate surface area is 263 Å². The summed E-state index contributed by atoms with van der Waals surface area (Å²) in [7, 11) is 0. The predicted molar refractivity (Wildman–Crippen MR) is 174 cm³/mol. The molecular weight excluding hydrogens is 556 g/mol. The summed E-state index contributed by atoms with van der Waals surface area (Å²) in [5.74, 6) is -1.74. The van der Waals surface area contributed by atoms with E-state index in [1.165, 1.54) is 0 Å². The molecule has 1 aromatic rings. The van der Waals surface area contributed by atoms with Crippen LogP contribution < -0.4 is 9.80 Å². The second-order valence-electron chi connectivity index (χ2n) is 12.2. The van der Waals surface area contributed by atoms with Crippen LogP contribution in [0.25, 0.3) is 0 Å². The van der Waals surface area contributed by atoms with Gasteiger partial charge in [0, 0.05) is 57.3 Å². The number of unbranched alkanes of at least 4 members (excludes halogenated alkanes) is 3. The van der Waals surface area contributed by atoms with E-state index in [1.807, 2.05) is 31.2 Å². The molecule has 0 radical (unpaired) electrons. The number of aliphatic hydroxyl groups excluding tert-OH is 1. The fourth-order valence-corrected chi connectivity index (χ4v) is 7.66. The van der Waals surface area contributed by atoms with E-state index >= 15 is 0 Å². The quantitative estimate of drug-likeness (QED) is 0.196. The number of ether oxygens (including phenoxy) is 1. The molecule has 2 unspecified atom stereocenters. The molecule has 0 saturated carbocycles. The molecule has 0 aliphatic carbocycles. The molecular formula is C35H52N4O5. The van der Waals surface area contributed by atoms with Gasteiger partial charge < -0.3 is 29.4 Å². The number of anilines is 2. The molecule has 3 aliphatic rings. The maximum absolute atomic E-state index is 14.8. The number of benzene rings is 1. The van der Waals surface area contributed by atoms with Crippen LogP contribution in [0.15, 0.2) is 49.6 Å². The topological polar surface area (TPSA) is 93.6 Å². The van der Waals surface area contributed by atoms with Crippen molar-refractivity contribution in [2.75, 3.05) is 55.7 Å². The SMILES string of the molecule is C=CCN(CCC)C(=O)[C@@H]1[C@H]2C(=O)N(CCCCCCO)C(C(=O)N(CC=C)c3ccc(N(CC)CC)cc3)C23CC[C@H]1O3. The van der Waals surface area contributed by atoms with Gasteiger partial charge in [-0.15, -0.1) is 13.2 Å². The number of aliphatic hydroxyl groups is 1. The third-order valence-corrected chi connectivity index (χ3v) is 9.65. The predicted octanol–water partition coefficient (Wildman–Crippen LogP) is 4.40. The Morgan fingerprint density at radius 3 is 2.27 bits per heavy atom. The molecule has 1 aromatic carbocycles. The third kappa shape index (κ3) is 6.31. The summed E-state index contributed by atoms with van der Waals surface area (Å²) in [6.07, 6.45) is 8.14. The van der Waals surface area contributed by atoms with Crippen LogP contribution in [0.2, 0.25) is 0 Å². The normalized spacial score (nSPS) is 25.2. The van der Waals surface area contributed by atoms with Crippen LogP contribution >= 0.6 is 0 Å². The lowest BCUT2D eigenvalue weighted by Crippen LogP contribution is -2.56. The average molecular weight is 609 g/mol. The fraction of sp³-hybridized carbons (Fsp3) is 0.629. The molecule has 9 heteroatoms. The number of nitrogens with zero attached hydrogens (tertiary/aromatic N) is 4. The van der Waals surface area contributed by atoms with Gasteiger partial charge in [0.15, 0.2) is 0 Å².